The molecule has 2 rings (SSSR count). The lowest BCUT2D eigenvalue weighted by atomic mass is 10.1. The monoisotopic (exact) mass is 206 g/mol. The fourth-order valence-electron chi connectivity index (χ4n) is 1.53. The number of rotatable bonds is 2. The number of amides is 1. The minimum absolute atomic E-state index is 0.0535. The lowest BCUT2D eigenvalue weighted by molar-refractivity contribution is -0.122. The molecule has 0 aromatic heterocycles. The number of nitrogens with two attached hydrogens (primary N) is 1. The number of carbonyl (C=O) groups excluding carboxylic acids is 1. The summed E-state index contributed by atoms with van der Waals surface area (Å²) in [6, 6.07) is 4.52. The van der Waals surface area contributed by atoms with Crippen LogP contribution in [0.3, 0.4) is 0 Å². The van der Waals surface area contributed by atoms with Gasteiger partial charge in [0.2, 0.25) is 5.91 Å². The Kier molecular flexibility index (Phi) is 2.07. The van der Waals surface area contributed by atoms with Crippen LogP contribution in [0.5, 0.6) is 0 Å². The largest absolute Gasteiger partial charge is 0.478 e. The summed E-state index contributed by atoms with van der Waals surface area (Å²) < 4.78 is 0. The van der Waals surface area contributed by atoms with Gasteiger partial charge in [0, 0.05) is 18.7 Å². The highest BCUT2D eigenvalue weighted by Crippen LogP contribution is 2.27. The van der Waals surface area contributed by atoms with Crippen LogP contribution in [0.15, 0.2) is 18.2 Å². The average Bonchev–Trinajstić information content (AvgIpc) is 2.18. The van der Waals surface area contributed by atoms with Gasteiger partial charge in [-0.15, -0.1) is 0 Å². The van der Waals surface area contributed by atoms with E-state index in [2.05, 4.69) is 0 Å². The molecule has 1 amide bonds. The van der Waals surface area contributed by atoms with E-state index in [9.17, 15) is 9.59 Å². The summed E-state index contributed by atoms with van der Waals surface area (Å²) in [6.45, 7) is 0.572. The molecule has 3 N–H and O–H groups in total. The second kappa shape index (κ2) is 3.27. The predicted octanol–water partition coefficient (Wildman–Crippen LogP) is 0.704. The quantitative estimate of drug-likeness (QED) is 0.551. The van der Waals surface area contributed by atoms with E-state index in [4.69, 9.17) is 10.8 Å². The zero-order valence-corrected chi connectivity index (χ0v) is 7.93. The Bertz CT molecular complexity index is 442. The zero-order chi connectivity index (χ0) is 11.0. The first-order valence-electron chi connectivity index (χ1n) is 4.53. The third-order valence-electron chi connectivity index (χ3n) is 2.39. The van der Waals surface area contributed by atoms with Gasteiger partial charge in [0.05, 0.1) is 11.3 Å². The van der Waals surface area contributed by atoms with Gasteiger partial charge in [0.15, 0.2) is 0 Å². The molecule has 78 valence electrons. The number of nitrogens with zero attached hydrogens (tertiary/aromatic N) is 1. The van der Waals surface area contributed by atoms with Gasteiger partial charge < -0.3 is 15.7 Å². The Morgan fingerprint density at radius 2 is 2.20 bits per heavy atom. The summed E-state index contributed by atoms with van der Waals surface area (Å²) in [6.07, 6.45) is 0.476. The van der Waals surface area contributed by atoms with E-state index in [0.717, 1.165) is 0 Å². The van der Waals surface area contributed by atoms with Crippen molar-refractivity contribution in [2.75, 3.05) is 17.2 Å². The van der Waals surface area contributed by atoms with Crippen molar-refractivity contribution in [1.82, 2.24) is 0 Å². The smallest absolute Gasteiger partial charge is 0.337 e. The molecule has 1 aromatic rings. The number of carboxylic acid groups (broad SMARTS) is 1. The van der Waals surface area contributed by atoms with Crippen LogP contribution in [-0.2, 0) is 4.79 Å². The molecule has 0 unspecified atom stereocenters. The zero-order valence-electron chi connectivity index (χ0n) is 7.93. The molecule has 1 fully saturated rings. The van der Waals surface area contributed by atoms with Gasteiger partial charge >= 0.3 is 5.97 Å². The molecule has 0 bridgehead atoms. The molecule has 0 atom stereocenters. The minimum Gasteiger partial charge on any atom is -0.478 e. The van der Waals surface area contributed by atoms with Crippen LogP contribution >= 0.6 is 0 Å². The maximum Gasteiger partial charge on any atom is 0.337 e. The topological polar surface area (TPSA) is 83.6 Å². The molecule has 1 aromatic carbocycles. The average molecular weight is 206 g/mol. The van der Waals surface area contributed by atoms with Crippen molar-refractivity contribution in [2.45, 2.75) is 6.42 Å². The Hall–Kier alpha value is -2.04. The maximum absolute atomic E-state index is 11.2. The number of carbonyl (C=O) groups is 2. The Morgan fingerprint density at radius 3 is 2.67 bits per heavy atom. The molecule has 1 aliphatic heterocycles. The molecule has 0 aliphatic carbocycles. The second-order valence-electron chi connectivity index (χ2n) is 3.38. The Balaban J connectivity index is 2.46. The number of benzene rings is 1. The van der Waals surface area contributed by atoms with Crippen LogP contribution in [0.25, 0.3) is 0 Å². The van der Waals surface area contributed by atoms with Crippen LogP contribution in [0.2, 0.25) is 0 Å². The van der Waals surface area contributed by atoms with Gasteiger partial charge in [-0.05, 0) is 18.2 Å². The third-order valence-corrected chi connectivity index (χ3v) is 2.39. The molecule has 1 aliphatic rings. The van der Waals surface area contributed by atoms with E-state index in [1.54, 1.807) is 12.1 Å². The molecule has 1 heterocycles. The lowest BCUT2D eigenvalue weighted by Crippen LogP contribution is -2.44. The van der Waals surface area contributed by atoms with Gasteiger partial charge in [-0.3, -0.25) is 4.79 Å². The van der Waals surface area contributed by atoms with E-state index < -0.39 is 5.97 Å². The number of carboxylic acids is 1. The van der Waals surface area contributed by atoms with E-state index in [1.165, 1.54) is 11.0 Å². The number of nitrogen functional groups attached to an aromatic ring is 1. The molecule has 0 radical (unpaired) electrons. The fourth-order valence-corrected chi connectivity index (χ4v) is 1.53. The van der Waals surface area contributed by atoms with Crippen molar-refractivity contribution < 1.29 is 14.7 Å². The summed E-state index contributed by atoms with van der Waals surface area (Å²) in [4.78, 5) is 23.6. The van der Waals surface area contributed by atoms with Gasteiger partial charge in [-0.25, -0.2) is 4.79 Å². The van der Waals surface area contributed by atoms with E-state index in [1.807, 2.05) is 0 Å². The summed E-state index contributed by atoms with van der Waals surface area (Å²) in [5.74, 6) is -1.13. The third kappa shape index (κ3) is 1.52. The number of anilines is 2. The Morgan fingerprint density at radius 1 is 1.47 bits per heavy atom. The van der Waals surface area contributed by atoms with Crippen molar-refractivity contribution in [3.8, 4) is 0 Å². The maximum atomic E-state index is 11.2. The van der Waals surface area contributed by atoms with Gasteiger partial charge in [-0.1, -0.05) is 0 Å². The number of aromatic carboxylic acids is 1. The van der Waals surface area contributed by atoms with Crippen molar-refractivity contribution in [3.05, 3.63) is 23.8 Å². The molecule has 5 heteroatoms. The second-order valence-corrected chi connectivity index (χ2v) is 3.38. The number of hydrogen-bond acceptors (Lipinski definition) is 3. The van der Waals surface area contributed by atoms with Crippen LogP contribution in [-0.4, -0.2) is 23.5 Å². The molecule has 1 saturated heterocycles. The number of β-lactam (4-membered cyclic amide) rings is 1. The van der Waals surface area contributed by atoms with Gasteiger partial charge in [-0.2, -0.15) is 0 Å². The highest BCUT2D eigenvalue weighted by Gasteiger charge is 2.28. The lowest BCUT2D eigenvalue weighted by Gasteiger charge is -2.31. The predicted molar refractivity (Wildman–Crippen MR) is 54.8 cm³/mol. The highest BCUT2D eigenvalue weighted by atomic mass is 16.4. The van der Waals surface area contributed by atoms with E-state index in [0.29, 0.717) is 24.3 Å². The summed E-state index contributed by atoms with van der Waals surface area (Å²) in [7, 11) is 0. The normalized spacial score (nSPS) is 14.9. The molecular weight excluding hydrogens is 196 g/mol. The van der Waals surface area contributed by atoms with Crippen LogP contribution in [0, 0.1) is 0 Å². The number of hydrogen-bond donors (Lipinski definition) is 2. The van der Waals surface area contributed by atoms with Crippen molar-refractivity contribution >= 4 is 23.3 Å². The first kappa shape index (κ1) is 9.51. The minimum atomic E-state index is -1.07. The van der Waals surface area contributed by atoms with Crippen molar-refractivity contribution in [1.29, 1.82) is 0 Å². The summed E-state index contributed by atoms with van der Waals surface area (Å²) in [5.41, 5.74) is 6.37. The van der Waals surface area contributed by atoms with Crippen LogP contribution in [0.1, 0.15) is 16.8 Å². The molecule has 15 heavy (non-hydrogen) atoms. The molecule has 0 saturated carbocycles. The first-order chi connectivity index (χ1) is 7.09. The summed E-state index contributed by atoms with van der Waals surface area (Å²) >= 11 is 0. The highest BCUT2D eigenvalue weighted by molar-refractivity contribution is 6.05. The van der Waals surface area contributed by atoms with Crippen LogP contribution < -0.4 is 10.6 Å². The first-order valence-corrected chi connectivity index (χ1v) is 4.53. The standard InChI is InChI=1S/C10H10N2O3/c11-6-1-2-8(7(5-6)10(14)15)12-4-3-9(12)13/h1-2,5H,3-4,11H2,(H,14,15). The van der Waals surface area contributed by atoms with Crippen molar-refractivity contribution in [3.63, 3.8) is 0 Å². The Labute approximate surface area is 86.1 Å². The molecule has 0 spiro atoms. The molecular formula is C10H10N2O3. The SMILES string of the molecule is Nc1ccc(N2CCC2=O)c(C(=O)O)c1. The fraction of sp³-hybridized carbons (Fsp3) is 0.200. The molecule has 5 nitrogen and oxygen atoms in total. The van der Waals surface area contributed by atoms with E-state index >= 15 is 0 Å². The summed E-state index contributed by atoms with van der Waals surface area (Å²) in [5, 5.41) is 8.95. The van der Waals surface area contributed by atoms with Crippen molar-refractivity contribution in [2.24, 2.45) is 0 Å². The van der Waals surface area contributed by atoms with Crippen LogP contribution in [0.4, 0.5) is 11.4 Å². The van der Waals surface area contributed by atoms with E-state index in [-0.39, 0.29) is 11.5 Å². The van der Waals surface area contributed by atoms with Gasteiger partial charge in [0.1, 0.15) is 0 Å². The van der Waals surface area contributed by atoms with Gasteiger partial charge in [0.25, 0.3) is 0 Å².